The van der Waals surface area contributed by atoms with Crippen LogP contribution >= 0.6 is 0 Å². The lowest BCUT2D eigenvalue weighted by atomic mass is 9.84. The highest BCUT2D eigenvalue weighted by molar-refractivity contribution is 7.91. The lowest BCUT2D eigenvalue weighted by Gasteiger charge is -2.37. The van der Waals surface area contributed by atoms with E-state index in [1.807, 2.05) is 69.6 Å². The zero-order valence-corrected chi connectivity index (χ0v) is 50.2. The number of aryl methyl sites for hydroxylation is 1. The average Bonchev–Trinajstić information content (AvgIpc) is 2.03. The fourth-order valence-electron chi connectivity index (χ4n) is 12.5. The third-order valence-electron chi connectivity index (χ3n) is 17.1. The molecule has 4 aliphatic heterocycles. The summed E-state index contributed by atoms with van der Waals surface area (Å²) in [5.41, 5.74) is 19.0. The fraction of sp³-hybridized carbons (Fsp3) is 0.469. The number of carbonyl (C=O) groups is 4. The summed E-state index contributed by atoms with van der Waals surface area (Å²) in [6.45, 7) is 14.7. The highest BCUT2D eigenvalue weighted by Crippen LogP contribution is 2.44. The number of nitrogen functional groups attached to an aromatic ring is 1. The van der Waals surface area contributed by atoms with Gasteiger partial charge in [-0.25, -0.2) is 13.8 Å². The molecule has 6 bridgehead atoms. The van der Waals surface area contributed by atoms with Gasteiger partial charge in [-0.2, -0.15) is 0 Å². The number of pyridine rings is 2. The summed E-state index contributed by atoms with van der Waals surface area (Å²) in [6, 6.07) is 21.8. The Kier molecular flexibility index (Phi) is 17.7. The number of hydrogen-bond acceptors (Lipinski definition) is 15. The number of phenols is 1. The third kappa shape index (κ3) is 12.9. The Hall–Kier alpha value is -7.23. The molecule has 84 heavy (non-hydrogen) atoms. The van der Waals surface area contributed by atoms with Crippen molar-refractivity contribution in [1.29, 1.82) is 0 Å². The number of hydrazine groups is 1. The first kappa shape index (κ1) is 59.9. The van der Waals surface area contributed by atoms with E-state index in [0.29, 0.717) is 81.0 Å². The first-order valence-corrected chi connectivity index (χ1v) is 31.1. The van der Waals surface area contributed by atoms with Crippen molar-refractivity contribution in [3.8, 4) is 39.4 Å². The topological polar surface area (TPSA) is 241 Å². The maximum atomic E-state index is 15.0. The molecular weight excluding hydrogens is 1090 g/mol. The molecule has 3 saturated heterocycles. The van der Waals surface area contributed by atoms with Gasteiger partial charge in [0, 0.05) is 111 Å². The number of cyclic esters (lactones) is 1. The summed E-state index contributed by atoms with van der Waals surface area (Å²) in [6.07, 6.45) is 4.32. The predicted octanol–water partition coefficient (Wildman–Crippen LogP) is 7.38. The van der Waals surface area contributed by atoms with Crippen LogP contribution < -0.4 is 16.5 Å². The van der Waals surface area contributed by atoms with Crippen LogP contribution in [-0.4, -0.2) is 149 Å². The Balaban J connectivity index is 1.03. The molecule has 3 fully saturated rings. The van der Waals surface area contributed by atoms with Crippen LogP contribution in [0.25, 0.3) is 44.5 Å². The predicted molar refractivity (Wildman–Crippen MR) is 322 cm³/mol. The molecule has 446 valence electrons. The highest BCUT2D eigenvalue weighted by atomic mass is 32.2. The second-order valence-electron chi connectivity index (χ2n) is 24.2. The quantitative estimate of drug-likeness (QED) is 0.0652. The molecule has 4 aliphatic rings. The average molecular weight is 1170 g/mol. The number of phenolic OH excluding ortho intramolecular Hbond substituents is 1. The first-order chi connectivity index (χ1) is 40.1. The lowest BCUT2D eigenvalue weighted by Crippen LogP contribution is -2.62. The number of methoxy groups -OCH3 is 1. The Morgan fingerprint density at radius 3 is 2.40 bits per heavy atom. The van der Waals surface area contributed by atoms with Crippen molar-refractivity contribution in [2.75, 3.05) is 64.2 Å². The van der Waals surface area contributed by atoms with Gasteiger partial charge in [0.15, 0.2) is 9.84 Å². The van der Waals surface area contributed by atoms with E-state index in [-0.39, 0.29) is 54.6 Å². The van der Waals surface area contributed by atoms with Gasteiger partial charge in [-0.05, 0) is 127 Å². The summed E-state index contributed by atoms with van der Waals surface area (Å²) >= 11 is 0. The summed E-state index contributed by atoms with van der Waals surface area (Å²) in [5, 5.41) is 17.0. The van der Waals surface area contributed by atoms with Gasteiger partial charge in [0.2, 0.25) is 5.91 Å². The molecule has 0 spiro atoms. The minimum atomic E-state index is -3.01. The number of nitrogens with one attached hydrogen (secondary N) is 2. The summed E-state index contributed by atoms with van der Waals surface area (Å²) in [4.78, 5) is 72.1. The van der Waals surface area contributed by atoms with Crippen molar-refractivity contribution in [3.05, 3.63) is 119 Å². The third-order valence-corrected chi connectivity index (χ3v) is 18.7. The minimum Gasteiger partial charge on any atom is -0.508 e. The number of amides is 3. The van der Waals surface area contributed by atoms with Crippen molar-refractivity contribution in [2.24, 2.45) is 11.3 Å². The summed E-state index contributed by atoms with van der Waals surface area (Å²) in [5.74, 6) is -2.28. The van der Waals surface area contributed by atoms with Crippen molar-refractivity contribution in [1.82, 2.24) is 40.1 Å². The number of aromatic hydroxyl groups is 1. The van der Waals surface area contributed by atoms with E-state index in [1.165, 1.54) is 9.91 Å². The van der Waals surface area contributed by atoms with Crippen LogP contribution in [0.1, 0.15) is 101 Å². The first-order valence-electron chi connectivity index (χ1n) is 29.3. The number of esters is 1. The largest absolute Gasteiger partial charge is 0.508 e. The molecule has 20 heteroatoms. The number of ether oxygens (including phenoxy) is 3. The Morgan fingerprint density at radius 1 is 0.940 bits per heavy atom. The van der Waals surface area contributed by atoms with Crippen LogP contribution in [0.2, 0.25) is 0 Å². The van der Waals surface area contributed by atoms with Crippen molar-refractivity contribution >= 4 is 50.1 Å². The van der Waals surface area contributed by atoms with Crippen molar-refractivity contribution < 1.29 is 46.9 Å². The van der Waals surface area contributed by atoms with E-state index in [2.05, 4.69) is 59.2 Å². The number of nitrogens with two attached hydrogens (primary N) is 1. The SMILES string of the molecule is CCn1c(-c2cc(-c3ccc(CN4CCS(=O)(=O)CC4)cn3)cnc2[C@H](C)OC)c2c3cc(ccc31)-c1cc(O)cc(c1)C[C@H](NC(=O)[C@H](C(C)C)N(C)C(=O)[C@@H]1OCC[C@@H]1c1ccc(N)cc1)C(=O)N1CCC[C@H](N1)C(=O)OCC(C)(C)C2. The molecular formula is C64H79N9O10S. The number of sulfone groups is 1. The van der Waals surface area contributed by atoms with E-state index < -0.39 is 63.4 Å². The molecule has 6 aromatic rings. The minimum absolute atomic E-state index is 0.0381. The molecule has 10 rings (SSSR count). The highest BCUT2D eigenvalue weighted by Gasteiger charge is 2.43. The second-order valence-corrected chi connectivity index (χ2v) is 26.5. The van der Waals surface area contributed by atoms with Gasteiger partial charge in [-0.3, -0.25) is 39.1 Å². The molecule has 0 unspecified atom stereocenters. The summed E-state index contributed by atoms with van der Waals surface area (Å²) in [7, 11) is 0.242. The molecule has 6 atom stereocenters. The van der Waals surface area contributed by atoms with E-state index in [1.54, 1.807) is 38.4 Å². The van der Waals surface area contributed by atoms with Crippen LogP contribution in [0.4, 0.5) is 5.69 Å². The monoisotopic (exact) mass is 1170 g/mol. The van der Waals surface area contributed by atoms with Crippen LogP contribution in [0.3, 0.4) is 0 Å². The van der Waals surface area contributed by atoms with Gasteiger partial charge in [0.25, 0.3) is 11.8 Å². The molecule has 7 heterocycles. The number of anilines is 1. The normalized spacial score (nSPS) is 21.8. The number of rotatable bonds is 13. The molecule has 0 aliphatic carbocycles. The van der Waals surface area contributed by atoms with Crippen LogP contribution in [0.15, 0.2) is 91.3 Å². The van der Waals surface area contributed by atoms with E-state index in [4.69, 9.17) is 29.9 Å². The number of benzene rings is 3. The Morgan fingerprint density at radius 2 is 1.70 bits per heavy atom. The zero-order chi connectivity index (χ0) is 59.8. The lowest BCUT2D eigenvalue weighted by molar-refractivity contribution is -0.155. The maximum absolute atomic E-state index is 15.0. The standard InChI is InChI=1S/C64H79N9O10S/c1-9-72-55-19-15-43-31-49(55)51(58(72)50-32-45(35-67-56(50)39(4)81-8)52-18-12-40(34-66-52)36-71-22-25-84(79,80)26-23-71)33-64(5,6)37-83-63(78)53-11-10-21-73(69-53)61(76)54(29-41-27-44(43)30-47(74)28-41)68-60(75)57(38(2)3)70(7)62(77)59-48(20-24-82-59)42-13-16-46(65)17-14-42/h12-19,27-28,30-32,34-35,38-39,48,53-54,57,59,69,74H,9-11,20-26,29,33,36-37,65H2,1-8H3,(H,68,75)/t39-,48+,53-,54-,57-,59+/m0/s1. The molecule has 3 aromatic heterocycles. The molecule has 0 saturated carbocycles. The number of nitrogens with zero attached hydrogens (tertiary/aromatic N) is 6. The smallest absolute Gasteiger partial charge is 0.324 e. The van der Waals surface area contributed by atoms with Crippen LogP contribution in [0.5, 0.6) is 5.75 Å². The Bertz CT molecular complexity index is 3540. The number of fused-ring (bicyclic) bond motifs is 6. The number of aromatic nitrogens is 3. The van der Waals surface area contributed by atoms with E-state index in [0.717, 1.165) is 55.7 Å². The molecule has 3 amide bonds. The van der Waals surface area contributed by atoms with Gasteiger partial charge in [0.05, 0.1) is 41.3 Å². The second kappa shape index (κ2) is 24.8. The maximum Gasteiger partial charge on any atom is 0.324 e. The van der Waals surface area contributed by atoms with Gasteiger partial charge in [0.1, 0.15) is 30.0 Å². The molecule has 0 radical (unpaired) electrons. The number of likely N-dealkylation sites (N-methyl/N-ethyl adjacent to an activating group) is 1. The van der Waals surface area contributed by atoms with Crippen LogP contribution in [-0.2, 0) is 69.2 Å². The van der Waals surface area contributed by atoms with Gasteiger partial charge >= 0.3 is 5.97 Å². The molecule has 5 N–H and O–H groups in total. The Labute approximate surface area is 492 Å². The van der Waals surface area contributed by atoms with Gasteiger partial charge in [-0.15, -0.1) is 0 Å². The van der Waals surface area contributed by atoms with E-state index >= 15 is 0 Å². The van der Waals surface area contributed by atoms with Crippen LogP contribution in [0, 0.1) is 11.3 Å². The van der Waals surface area contributed by atoms with E-state index in [9.17, 15) is 32.7 Å². The molecule has 3 aromatic carbocycles. The molecule has 19 nitrogen and oxygen atoms in total. The number of carbonyl (C=O) groups excluding carboxylic acids is 4. The van der Waals surface area contributed by atoms with Crippen molar-refractivity contribution in [2.45, 2.75) is 123 Å². The van der Waals surface area contributed by atoms with Crippen molar-refractivity contribution in [3.63, 3.8) is 0 Å². The van der Waals surface area contributed by atoms with Gasteiger partial charge in [-0.1, -0.05) is 58.0 Å². The zero-order valence-electron chi connectivity index (χ0n) is 49.4. The number of hydrogen-bond donors (Lipinski definition) is 4. The van der Waals surface area contributed by atoms with Gasteiger partial charge < -0.3 is 39.8 Å². The fourth-order valence-corrected chi connectivity index (χ4v) is 13.8. The summed E-state index contributed by atoms with van der Waals surface area (Å²) < 4.78 is 44.8.